The molecule has 182 valence electrons. The number of benzene rings is 2. The normalized spacial score (nSPS) is 14.8. The molecular weight excluding hydrogens is 455 g/mol. The zero-order chi connectivity index (χ0) is 25.1. The van der Waals surface area contributed by atoms with E-state index in [4.69, 9.17) is 9.47 Å². The second kappa shape index (κ2) is 9.62. The Balaban J connectivity index is 1.64. The fourth-order valence-corrected chi connectivity index (χ4v) is 3.17. The molecule has 0 unspecified atom stereocenters. The SMILES string of the molecule is CC(C)(C)[C@@H](CN1C=C(c2ccc(C(F)(F)F)cc2)NC1)OC(=O)Oc1ccc([N+](=O)[O-])cc1. The number of ether oxygens (including phenoxy) is 2. The Morgan fingerprint density at radius 2 is 1.74 bits per heavy atom. The molecule has 1 atom stereocenters. The highest BCUT2D eigenvalue weighted by Gasteiger charge is 2.32. The maximum absolute atomic E-state index is 12.8. The summed E-state index contributed by atoms with van der Waals surface area (Å²) >= 11 is 0. The number of halogens is 3. The van der Waals surface area contributed by atoms with Gasteiger partial charge in [-0.05, 0) is 29.8 Å². The van der Waals surface area contributed by atoms with Gasteiger partial charge < -0.3 is 19.7 Å². The number of non-ortho nitro benzene ring substituents is 1. The van der Waals surface area contributed by atoms with E-state index in [0.29, 0.717) is 24.5 Å². The van der Waals surface area contributed by atoms with E-state index in [1.54, 1.807) is 6.20 Å². The molecule has 3 rings (SSSR count). The summed E-state index contributed by atoms with van der Waals surface area (Å²) in [5.41, 5.74) is -0.0690. The lowest BCUT2D eigenvalue weighted by molar-refractivity contribution is -0.384. The van der Waals surface area contributed by atoms with Gasteiger partial charge in [-0.3, -0.25) is 10.1 Å². The van der Waals surface area contributed by atoms with Crippen molar-refractivity contribution in [3.63, 3.8) is 0 Å². The third-order valence-electron chi connectivity index (χ3n) is 5.16. The summed E-state index contributed by atoms with van der Waals surface area (Å²) < 4.78 is 49.0. The summed E-state index contributed by atoms with van der Waals surface area (Å²) in [5, 5.41) is 13.9. The minimum atomic E-state index is -4.40. The van der Waals surface area contributed by atoms with Crippen molar-refractivity contribution in [2.45, 2.75) is 33.1 Å². The molecule has 0 amide bonds. The number of nitro groups is 1. The monoisotopic (exact) mass is 479 g/mol. The van der Waals surface area contributed by atoms with Gasteiger partial charge in [0, 0.05) is 23.7 Å². The molecule has 8 nitrogen and oxygen atoms in total. The van der Waals surface area contributed by atoms with Gasteiger partial charge in [0.1, 0.15) is 11.9 Å². The fraction of sp³-hybridized carbons (Fsp3) is 0.348. The van der Waals surface area contributed by atoms with Crippen LogP contribution in [0.5, 0.6) is 5.75 Å². The summed E-state index contributed by atoms with van der Waals surface area (Å²) in [6, 6.07) is 9.87. The molecule has 11 heteroatoms. The summed E-state index contributed by atoms with van der Waals surface area (Å²) in [7, 11) is 0. The third kappa shape index (κ3) is 6.40. The Hall–Kier alpha value is -3.76. The van der Waals surface area contributed by atoms with Crippen molar-refractivity contribution in [1.29, 1.82) is 0 Å². The molecule has 0 aliphatic carbocycles. The number of alkyl halides is 3. The zero-order valence-electron chi connectivity index (χ0n) is 18.8. The molecule has 0 saturated heterocycles. The molecule has 1 N–H and O–H groups in total. The summed E-state index contributed by atoms with van der Waals surface area (Å²) in [4.78, 5) is 24.4. The van der Waals surface area contributed by atoms with Crippen LogP contribution < -0.4 is 10.1 Å². The molecule has 0 spiro atoms. The van der Waals surface area contributed by atoms with Crippen LogP contribution in [0.4, 0.5) is 23.7 Å². The first-order chi connectivity index (χ1) is 15.8. The van der Waals surface area contributed by atoms with Crippen molar-refractivity contribution < 1.29 is 32.4 Å². The molecule has 0 saturated carbocycles. The smallest absolute Gasteiger partial charge is 0.428 e. The molecule has 0 aromatic heterocycles. The molecule has 0 fully saturated rings. The van der Waals surface area contributed by atoms with Crippen molar-refractivity contribution in [2.24, 2.45) is 5.41 Å². The molecule has 0 bridgehead atoms. The lowest BCUT2D eigenvalue weighted by atomic mass is 9.88. The first kappa shape index (κ1) is 24.9. The van der Waals surface area contributed by atoms with Crippen molar-refractivity contribution in [3.05, 3.63) is 76.0 Å². The molecular formula is C23H24F3N3O5. The van der Waals surface area contributed by atoms with E-state index >= 15 is 0 Å². The van der Waals surface area contributed by atoms with Gasteiger partial charge in [-0.25, -0.2) is 4.79 Å². The Morgan fingerprint density at radius 1 is 1.12 bits per heavy atom. The van der Waals surface area contributed by atoms with Gasteiger partial charge in [-0.15, -0.1) is 0 Å². The number of carbonyl (C=O) groups excluding carboxylic acids is 1. The van der Waals surface area contributed by atoms with Crippen molar-refractivity contribution in [1.82, 2.24) is 10.2 Å². The van der Waals surface area contributed by atoms with Crippen LogP contribution in [0.3, 0.4) is 0 Å². The van der Waals surface area contributed by atoms with Gasteiger partial charge in [-0.2, -0.15) is 13.2 Å². The molecule has 1 aliphatic rings. The van der Waals surface area contributed by atoms with Gasteiger partial charge in [0.2, 0.25) is 0 Å². The van der Waals surface area contributed by atoms with Gasteiger partial charge in [-0.1, -0.05) is 32.9 Å². The maximum atomic E-state index is 12.8. The first-order valence-corrected chi connectivity index (χ1v) is 10.3. The van der Waals surface area contributed by atoms with E-state index in [-0.39, 0.29) is 11.4 Å². The van der Waals surface area contributed by atoms with Crippen molar-refractivity contribution in [3.8, 4) is 5.75 Å². The topological polar surface area (TPSA) is 93.9 Å². The van der Waals surface area contributed by atoms with Crippen LogP contribution in [-0.2, 0) is 10.9 Å². The molecule has 34 heavy (non-hydrogen) atoms. The molecule has 1 heterocycles. The molecule has 2 aromatic rings. The Labute approximate surface area is 194 Å². The van der Waals surface area contributed by atoms with Gasteiger partial charge in [0.25, 0.3) is 5.69 Å². The van der Waals surface area contributed by atoms with Crippen LogP contribution in [0, 0.1) is 15.5 Å². The molecule has 1 aliphatic heterocycles. The van der Waals surface area contributed by atoms with E-state index < -0.39 is 34.3 Å². The standard InChI is InChI=1S/C23H24F3N3O5/c1-22(2,3)20(34-21(30)33-18-10-8-17(9-11-18)29(31)32)13-28-12-19(27-14-28)15-4-6-16(7-5-15)23(24,25)26/h4-12,20,27H,13-14H2,1-3H3/t20-/m1/s1. The lowest BCUT2D eigenvalue weighted by Crippen LogP contribution is -2.41. The van der Waals surface area contributed by atoms with Crippen molar-refractivity contribution >= 4 is 17.5 Å². The van der Waals surface area contributed by atoms with E-state index in [0.717, 1.165) is 12.1 Å². The number of carbonyl (C=O) groups is 1. The second-order valence-corrected chi connectivity index (χ2v) is 8.80. The number of nitro benzene ring substituents is 1. The summed E-state index contributed by atoms with van der Waals surface area (Å²) in [5.74, 6) is 0.107. The number of rotatable bonds is 6. The minimum absolute atomic E-state index is 0.107. The quantitative estimate of drug-likeness (QED) is 0.256. The minimum Gasteiger partial charge on any atom is -0.428 e. The van der Waals surface area contributed by atoms with E-state index in [9.17, 15) is 28.1 Å². The van der Waals surface area contributed by atoms with Crippen LogP contribution in [-0.4, -0.2) is 35.3 Å². The second-order valence-electron chi connectivity index (χ2n) is 8.80. The van der Waals surface area contributed by atoms with E-state index in [2.05, 4.69) is 5.32 Å². The average molecular weight is 479 g/mol. The number of hydrogen-bond acceptors (Lipinski definition) is 7. The maximum Gasteiger partial charge on any atom is 0.514 e. The number of nitrogens with one attached hydrogen (secondary N) is 1. The highest BCUT2D eigenvalue weighted by molar-refractivity contribution is 5.66. The highest BCUT2D eigenvalue weighted by Crippen LogP contribution is 2.31. The number of hydrogen-bond donors (Lipinski definition) is 1. The predicted octanol–water partition coefficient (Wildman–Crippen LogP) is 5.41. The number of nitrogens with zero attached hydrogens (tertiary/aromatic N) is 2. The summed E-state index contributed by atoms with van der Waals surface area (Å²) in [6.45, 7) is 6.35. The van der Waals surface area contributed by atoms with Crippen molar-refractivity contribution in [2.75, 3.05) is 13.2 Å². The van der Waals surface area contributed by atoms with Gasteiger partial charge in [0.15, 0.2) is 0 Å². The molecule has 0 radical (unpaired) electrons. The average Bonchev–Trinajstić information content (AvgIpc) is 3.21. The van der Waals surface area contributed by atoms with Crippen LogP contribution in [0.25, 0.3) is 5.70 Å². The highest BCUT2D eigenvalue weighted by atomic mass is 19.4. The van der Waals surface area contributed by atoms with Gasteiger partial charge in [0.05, 0.1) is 29.4 Å². The summed E-state index contributed by atoms with van der Waals surface area (Å²) in [6.07, 6.45) is -4.19. The Morgan fingerprint density at radius 3 is 2.26 bits per heavy atom. The van der Waals surface area contributed by atoms with Crippen LogP contribution in [0.1, 0.15) is 31.9 Å². The Bertz CT molecular complexity index is 1060. The Kier molecular flexibility index (Phi) is 7.04. The first-order valence-electron chi connectivity index (χ1n) is 10.3. The predicted molar refractivity (Wildman–Crippen MR) is 118 cm³/mol. The van der Waals surface area contributed by atoms with E-state index in [1.165, 1.54) is 36.4 Å². The van der Waals surface area contributed by atoms with E-state index in [1.807, 2.05) is 25.7 Å². The van der Waals surface area contributed by atoms with Crippen LogP contribution in [0.2, 0.25) is 0 Å². The lowest BCUT2D eigenvalue weighted by Gasteiger charge is -2.32. The third-order valence-corrected chi connectivity index (χ3v) is 5.16. The fourth-order valence-electron chi connectivity index (χ4n) is 3.17. The molecule has 2 aromatic carbocycles. The van der Waals surface area contributed by atoms with Crippen LogP contribution >= 0.6 is 0 Å². The largest absolute Gasteiger partial charge is 0.514 e. The zero-order valence-corrected chi connectivity index (χ0v) is 18.8. The van der Waals surface area contributed by atoms with Crippen LogP contribution in [0.15, 0.2) is 54.7 Å². The van der Waals surface area contributed by atoms with Gasteiger partial charge >= 0.3 is 12.3 Å².